The predicted molar refractivity (Wildman–Crippen MR) is 104 cm³/mol. The molecule has 0 spiro atoms. The van der Waals surface area contributed by atoms with Gasteiger partial charge in [0.1, 0.15) is 0 Å². The zero-order valence-corrected chi connectivity index (χ0v) is 16.4. The Bertz CT molecular complexity index is 629. The molecule has 1 atom stereocenters. The Labute approximate surface area is 161 Å². The normalized spacial score (nSPS) is 21.7. The minimum absolute atomic E-state index is 0.0453. The van der Waals surface area contributed by atoms with E-state index in [2.05, 4.69) is 15.2 Å². The summed E-state index contributed by atoms with van der Waals surface area (Å²) in [5.41, 5.74) is 0.886. The maximum Gasteiger partial charge on any atom is 0.319 e. The maximum atomic E-state index is 12.6. The van der Waals surface area contributed by atoms with Crippen LogP contribution in [0.25, 0.3) is 0 Å². The fourth-order valence-electron chi connectivity index (χ4n) is 4.08. The molecule has 3 amide bonds. The Morgan fingerprint density at radius 2 is 1.96 bits per heavy atom. The molecule has 2 fully saturated rings. The molecule has 0 aromatic carbocycles. The number of carbonyl (C=O) groups excluding carboxylic acids is 2. The van der Waals surface area contributed by atoms with Gasteiger partial charge in [0.25, 0.3) is 0 Å². The van der Waals surface area contributed by atoms with Crippen LogP contribution in [-0.4, -0.2) is 77.9 Å². The summed E-state index contributed by atoms with van der Waals surface area (Å²) in [6.07, 6.45) is 5.72. The molecule has 1 aromatic heterocycles. The van der Waals surface area contributed by atoms with Gasteiger partial charge in [0, 0.05) is 46.0 Å². The lowest BCUT2D eigenvalue weighted by Crippen LogP contribution is -2.52. The SMILES string of the molecule is CN(C)C(=O)N1CCC(N2CCCC(C(=O)NCc3ccccn3)C2)CC1. The molecule has 1 N–H and O–H groups in total. The third kappa shape index (κ3) is 5.19. The number of nitrogens with one attached hydrogen (secondary N) is 1. The van der Waals surface area contributed by atoms with Crippen LogP contribution >= 0.6 is 0 Å². The van der Waals surface area contributed by atoms with Gasteiger partial charge in [-0.25, -0.2) is 4.79 Å². The van der Waals surface area contributed by atoms with Crippen molar-refractivity contribution in [2.45, 2.75) is 38.3 Å². The Morgan fingerprint density at radius 1 is 1.19 bits per heavy atom. The average Bonchev–Trinajstić information content (AvgIpc) is 2.72. The number of aromatic nitrogens is 1. The first-order valence-corrected chi connectivity index (χ1v) is 9.92. The van der Waals surface area contributed by atoms with Crippen molar-refractivity contribution >= 4 is 11.9 Å². The summed E-state index contributed by atoms with van der Waals surface area (Å²) in [6.45, 7) is 3.96. The van der Waals surface area contributed by atoms with E-state index in [0.717, 1.165) is 57.6 Å². The molecule has 0 radical (unpaired) electrons. The molecule has 0 saturated carbocycles. The van der Waals surface area contributed by atoms with Crippen molar-refractivity contribution < 1.29 is 9.59 Å². The molecule has 2 aliphatic rings. The summed E-state index contributed by atoms with van der Waals surface area (Å²) >= 11 is 0. The quantitative estimate of drug-likeness (QED) is 0.870. The highest BCUT2D eigenvalue weighted by Gasteiger charge is 2.32. The van der Waals surface area contributed by atoms with Crippen molar-refractivity contribution in [2.24, 2.45) is 5.92 Å². The second kappa shape index (κ2) is 9.17. The molecule has 0 aliphatic carbocycles. The molecule has 0 bridgehead atoms. The number of hydrogen-bond acceptors (Lipinski definition) is 4. The van der Waals surface area contributed by atoms with Gasteiger partial charge in [-0.15, -0.1) is 0 Å². The highest BCUT2D eigenvalue weighted by molar-refractivity contribution is 5.79. The van der Waals surface area contributed by atoms with Crippen LogP contribution in [-0.2, 0) is 11.3 Å². The highest BCUT2D eigenvalue weighted by Crippen LogP contribution is 2.24. The monoisotopic (exact) mass is 373 g/mol. The van der Waals surface area contributed by atoms with Crippen LogP contribution in [0.3, 0.4) is 0 Å². The maximum absolute atomic E-state index is 12.6. The Balaban J connectivity index is 1.46. The first-order chi connectivity index (χ1) is 13.0. The Kier molecular flexibility index (Phi) is 6.66. The highest BCUT2D eigenvalue weighted by atomic mass is 16.2. The van der Waals surface area contributed by atoms with Gasteiger partial charge in [0.2, 0.25) is 5.91 Å². The summed E-state index contributed by atoms with van der Waals surface area (Å²) in [7, 11) is 3.60. The second-order valence-electron chi connectivity index (χ2n) is 7.77. The number of hydrogen-bond donors (Lipinski definition) is 1. The van der Waals surface area contributed by atoms with Crippen molar-refractivity contribution in [1.29, 1.82) is 0 Å². The molecular weight excluding hydrogens is 342 g/mol. The van der Waals surface area contributed by atoms with Crippen molar-refractivity contribution in [1.82, 2.24) is 25.0 Å². The predicted octanol–water partition coefficient (Wildman–Crippen LogP) is 1.56. The van der Waals surface area contributed by atoms with Crippen LogP contribution < -0.4 is 5.32 Å². The smallest absolute Gasteiger partial charge is 0.319 e. The van der Waals surface area contributed by atoms with E-state index in [0.29, 0.717) is 12.6 Å². The van der Waals surface area contributed by atoms with E-state index in [4.69, 9.17) is 0 Å². The van der Waals surface area contributed by atoms with E-state index in [1.807, 2.05) is 23.1 Å². The van der Waals surface area contributed by atoms with Gasteiger partial charge in [-0.1, -0.05) is 6.07 Å². The van der Waals surface area contributed by atoms with E-state index in [1.165, 1.54) is 0 Å². The van der Waals surface area contributed by atoms with Gasteiger partial charge in [-0.05, 0) is 44.4 Å². The zero-order valence-electron chi connectivity index (χ0n) is 16.4. The minimum Gasteiger partial charge on any atom is -0.350 e. The number of piperidine rings is 2. The number of urea groups is 1. The largest absolute Gasteiger partial charge is 0.350 e. The Morgan fingerprint density at radius 3 is 2.63 bits per heavy atom. The van der Waals surface area contributed by atoms with E-state index in [9.17, 15) is 9.59 Å². The molecule has 27 heavy (non-hydrogen) atoms. The molecule has 2 saturated heterocycles. The van der Waals surface area contributed by atoms with Gasteiger partial charge in [0.05, 0.1) is 18.2 Å². The van der Waals surface area contributed by atoms with Gasteiger partial charge in [-0.2, -0.15) is 0 Å². The summed E-state index contributed by atoms with van der Waals surface area (Å²) in [5, 5.41) is 3.04. The van der Waals surface area contributed by atoms with Crippen molar-refractivity contribution in [3.63, 3.8) is 0 Å². The van der Waals surface area contributed by atoms with Gasteiger partial charge in [0.15, 0.2) is 0 Å². The standard InChI is InChI=1S/C20H31N5O2/c1-23(2)20(27)24-12-8-18(9-13-24)25-11-5-6-16(15-25)19(26)22-14-17-7-3-4-10-21-17/h3-4,7,10,16,18H,5-6,8-9,11-15H2,1-2H3,(H,22,26). The molecule has 3 heterocycles. The van der Waals surface area contributed by atoms with Crippen molar-refractivity contribution in [2.75, 3.05) is 40.3 Å². The molecule has 1 aromatic rings. The molecule has 148 valence electrons. The lowest BCUT2D eigenvalue weighted by atomic mass is 9.93. The number of amides is 3. The third-order valence-corrected chi connectivity index (χ3v) is 5.63. The van der Waals surface area contributed by atoms with Crippen LogP contribution in [0.4, 0.5) is 4.79 Å². The van der Waals surface area contributed by atoms with E-state index in [-0.39, 0.29) is 17.9 Å². The van der Waals surface area contributed by atoms with Crippen LogP contribution in [0.1, 0.15) is 31.4 Å². The summed E-state index contributed by atoms with van der Waals surface area (Å²) in [6, 6.07) is 6.31. The van der Waals surface area contributed by atoms with Gasteiger partial charge in [-0.3, -0.25) is 14.7 Å². The minimum atomic E-state index is 0.0453. The fourth-order valence-corrected chi connectivity index (χ4v) is 4.08. The number of carbonyl (C=O) groups is 2. The second-order valence-corrected chi connectivity index (χ2v) is 7.77. The first kappa shape index (κ1) is 19.6. The molecule has 1 unspecified atom stereocenters. The van der Waals surface area contributed by atoms with Crippen molar-refractivity contribution in [3.8, 4) is 0 Å². The number of pyridine rings is 1. The molecule has 7 heteroatoms. The van der Waals surface area contributed by atoms with Crippen LogP contribution in [0.5, 0.6) is 0 Å². The summed E-state index contributed by atoms with van der Waals surface area (Å²) in [4.78, 5) is 35.0. The van der Waals surface area contributed by atoms with Crippen LogP contribution in [0.2, 0.25) is 0 Å². The van der Waals surface area contributed by atoms with Crippen LogP contribution in [0.15, 0.2) is 24.4 Å². The van der Waals surface area contributed by atoms with E-state index < -0.39 is 0 Å². The zero-order chi connectivity index (χ0) is 19.2. The molecule has 3 rings (SSSR count). The lowest BCUT2D eigenvalue weighted by molar-refractivity contribution is -0.127. The van der Waals surface area contributed by atoms with E-state index in [1.54, 1.807) is 25.2 Å². The lowest BCUT2D eigenvalue weighted by Gasteiger charge is -2.42. The molecule has 7 nitrogen and oxygen atoms in total. The van der Waals surface area contributed by atoms with Crippen LogP contribution in [0, 0.1) is 5.92 Å². The number of nitrogens with zero attached hydrogens (tertiary/aromatic N) is 4. The average molecular weight is 374 g/mol. The molecular formula is C20H31N5O2. The molecule has 2 aliphatic heterocycles. The van der Waals surface area contributed by atoms with Gasteiger partial charge >= 0.3 is 6.03 Å². The van der Waals surface area contributed by atoms with Gasteiger partial charge < -0.3 is 15.1 Å². The Hall–Kier alpha value is -2.15. The van der Waals surface area contributed by atoms with Crippen molar-refractivity contribution in [3.05, 3.63) is 30.1 Å². The summed E-state index contributed by atoms with van der Waals surface area (Å²) < 4.78 is 0. The third-order valence-electron chi connectivity index (χ3n) is 5.63. The fraction of sp³-hybridized carbons (Fsp3) is 0.650. The van der Waals surface area contributed by atoms with E-state index >= 15 is 0 Å². The topological polar surface area (TPSA) is 68.8 Å². The number of rotatable bonds is 4. The number of likely N-dealkylation sites (tertiary alicyclic amines) is 2. The summed E-state index contributed by atoms with van der Waals surface area (Å²) in [5.74, 6) is 0.175. The first-order valence-electron chi connectivity index (χ1n) is 9.92.